The SMILES string of the molecule is CO[C@H](C#CC1CCCCC1)CC=O. The van der Waals surface area contributed by atoms with Crippen molar-refractivity contribution >= 4 is 6.29 Å². The second-order valence-corrected chi connectivity index (χ2v) is 3.75. The van der Waals surface area contributed by atoms with Gasteiger partial charge in [-0.05, 0) is 12.8 Å². The van der Waals surface area contributed by atoms with E-state index < -0.39 is 0 Å². The molecule has 0 aromatic rings. The maximum absolute atomic E-state index is 10.3. The molecule has 0 saturated heterocycles. The fraction of sp³-hybridized carbons (Fsp3) is 0.750. The molecule has 0 heterocycles. The zero-order valence-electron chi connectivity index (χ0n) is 8.79. The van der Waals surface area contributed by atoms with Gasteiger partial charge < -0.3 is 9.53 Å². The average Bonchev–Trinajstić information content (AvgIpc) is 2.25. The summed E-state index contributed by atoms with van der Waals surface area (Å²) < 4.78 is 5.08. The lowest BCUT2D eigenvalue weighted by molar-refractivity contribution is -0.109. The van der Waals surface area contributed by atoms with Crippen LogP contribution in [0.25, 0.3) is 0 Å². The van der Waals surface area contributed by atoms with Crippen molar-refractivity contribution in [3.63, 3.8) is 0 Å². The number of methoxy groups -OCH3 is 1. The highest BCUT2D eigenvalue weighted by Crippen LogP contribution is 2.22. The normalized spacial score (nSPS) is 19.5. The zero-order valence-corrected chi connectivity index (χ0v) is 8.79. The van der Waals surface area contributed by atoms with E-state index in [0.717, 1.165) is 6.29 Å². The van der Waals surface area contributed by atoms with Gasteiger partial charge in [-0.2, -0.15) is 0 Å². The van der Waals surface area contributed by atoms with Gasteiger partial charge >= 0.3 is 0 Å². The van der Waals surface area contributed by atoms with Crippen molar-refractivity contribution in [1.82, 2.24) is 0 Å². The first kappa shape index (κ1) is 11.3. The van der Waals surface area contributed by atoms with Gasteiger partial charge in [0.25, 0.3) is 0 Å². The van der Waals surface area contributed by atoms with E-state index in [9.17, 15) is 4.79 Å². The third kappa shape index (κ3) is 3.93. The zero-order chi connectivity index (χ0) is 10.2. The van der Waals surface area contributed by atoms with Crippen molar-refractivity contribution in [3.05, 3.63) is 0 Å². The van der Waals surface area contributed by atoms with E-state index in [1.54, 1.807) is 7.11 Å². The van der Waals surface area contributed by atoms with Crippen LogP contribution in [-0.4, -0.2) is 19.5 Å². The lowest BCUT2D eigenvalue weighted by Gasteiger charge is -2.16. The van der Waals surface area contributed by atoms with E-state index in [-0.39, 0.29) is 6.10 Å². The monoisotopic (exact) mass is 194 g/mol. The summed E-state index contributed by atoms with van der Waals surface area (Å²) in [6.07, 6.45) is 7.42. The molecule has 1 atom stereocenters. The molecule has 1 aliphatic rings. The van der Waals surface area contributed by atoms with Crippen LogP contribution in [0.3, 0.4) is 0 Å². The summed E-state index contributed by atoms with van der Waals surface area (Å²) in [7, 11) is 1.60. The molecular formula is C12H18O2. The molecule has 1 saturated carbocycles. The Morgan fingerprint density at radius 2 is 2.14 bits per heavy atom. The first-order valence-electron chi connectivity index (χ1n) is 5.34. The van der Waals surface area contributed by atoms with E-state index in [1.165, 1.54) is 32.1 Å². The van der Waals surface area contributed by atoms with Crippen LogP contribution in [0.2, 0.25) is 0 Å². The Labute approximate surface area is 86.0 Å². The number of aldehydes is 1. The maximum atomic E-state index is 10.3. The molecule has 78 valence electrons. The smallest absolute Gasteiger partial charge is 0.124 e. The summed E-state index contributed by atoms with van der Waals surface area (Å²) in [5.41, 5.74) is 0. The molecule has 0 N–H and O–H groups in total. The minimum absolute atomic E-state index is 0.200. The van der Waals surface area contributed by atoms with Crippen LogP contribution in [0.5, 0.6) is 0 Å². The maximum Gasteiger partial charge on any atom is 0.124 e. The van der Waals surface area contributed by atoms with Gasteiger partial charge in [-0.3, -0.25) is 0 Å². The van der Waals surface area contributed by atoms with Gasteiger partial charge in [-0.1, -0.05) is 31.1 Å². The summed E-state index contributed by atoms with van der Waals surface area (Å²) in [6, 6.07) is 0. The number of ether oxygens (including phenoxy) is 1. The molecule has 0 aliphatic heterocycles. The van der Waals surface area contributed by atoms with Gasteiger partial charge in [0.2, 0.25) is 0 Å². The van der Waals surface area contributed by atoms with Gasteiger partial charge in [0.15, 0.2) is 0 Å². The Bertz CT molecular complexity index is 218. The van der Waals surface area contributed by atoms with Gasteiger partial charge in [0, 0.05) is 19.4 Å². The van der Waals surface area contributed by atoms with E-state index >= 15 is 0 Å². The van der Waals surface area contributed by atoms with Crippen LogP contribution >= 0.6 is 0 Å². The van der Waals surface area contributed by atoms with Crippen LogP contribution in [0, 0.1) is 17.8 Å². The summed E-state index contributed by atoms with van der Waals surface area (Å²) in [6.45, 7) is 0. The van der Waals surface area contributed by atoms with Crippen LogP contribution in [0.1, 0.15) is 38.5 Å². The Hall–Kier alpha value is -0.810. The molecule has 0 spiro atoms. The molecule has 0 unspecified atom stereocenters. The topological polar surface area (TPSA) is 26.3 Å². The van der Waals surface area contributed by atoms with Crippen LogP contribution in [0.4, 0.5) is 0 Å². The van der Waals surface area contributed by atoms with Crippen LogP contribution in [0.15, 0.2) is 0 Å². The fourth-order valence-corrected chi connectivity index (χ4v) is 1.76. The van der Waals surface area contributed by atoms with Crippen molar-refractivity contribution in [2.45, 2.75) is 44.6 Å². The summed E-state index contributed by atoms with van der Waals surface area (Å²) in [5.74, 6) is 6.80. The van der Waals surface area contributed by atoms with Crippen molar-refractivity contribution in [1.29, 1.82) is 0 Å². The third-order valence-electron chi connectivity index (χ3n) is 2.65. The predicted octanol–water partition coefficient (Wildman–Crippen LogP) is 2.17. The van der Waals surface area contributed by atoms with E-state index in [4.69, 9.17) is 4.74 Å². The van der Waals surface area contributed by atoms with Gasteiger partial charge in [0.05, 0.1) is 0 Å². The number of carbonyl (C=O) groups excluding carboxylic acids is 1. The quantitative estimate of drug-likeness (QED) is 0.508. The molecule has 0 aromatic heterocycles. The fourth-order valence-electron chi connectivity index (χ4n) is 1.76. The predicted molar refractivity (Wildman–Crippen MR) is 55.8 cm³/mol. The highest BCUT2D eigenvalue weighted by Gasteiger charge is 2.10. The average molecular weight is 194 g/mol. The van der Waals surface area contributed by atoms with E-state index in [1.807, 2.05) is 0 Å². The molecule has 1 rings (SSSR count). The first-order chi connectivity index (χ1) is 6.86. The molecule has 1 aliphatic carbocycles. The molecule has 2 heteroatoms. The standard InChI is InChI=1S/C12H18O2/c1-14-12(9-10-13)8-7-11-5-3-2-4-6-11/h10-12H,2-6,9H2,1H3/t12-/m1/s1. The lowest BCUT2D eigenvalue weighted by Crippen LogP contribution is -2.09. The van der Waals surface area contributed by atoms with Crippen molar-refractivity contribution in [2.24, 2.45) is 5.92 Å². The molecule has 0 bridgehead atoms. The second kappa shape index (κ2) is 6.62. The van der Waals surface area contributed by atoms with E-state index in [0.29, 0.717) is 12.3 Å². The minimum atomic E-state index is -0.200. The number of carbonyl (C=O) groups is 1. The number of hydrogen-bond acceptors (Lipinski definition) is 2. The third-order valence-corrected chi connectivity index (χ3v) is 2.65. The lowest BCUT2D eigenvalue weighted by atomic mass is 9.90. The van der Waals surface area contributed by atoms with E-state index in [2.05, 4.69) is 11.8 Å². The Morgan fingerprint density at radius 1 is 1.43 bits per heavy atom. The first-order valence-corrected chi connectivity index (χ1v) is 5.34. The van der Waals surface area contributed by atoms with Crippen LogP contribution < -0.4 is 0 Å². The molecule has 1 fully saturated rings. The summed E-state index contributed by atoms with van der Waals surface area (Å²) in [5, 5.41) is 0. The second-order valence-electron chi connectivity index (χ2n) is 3.75. The minimum Gasteiger partial charge on any atom is -0.368 e. The van der Waals surface area contributed by atoms with Gasteiger partial charge in [-0.15, -0.1) is 0 Å². The van der Waals surface area contributed by atoms with Crippen molar-refractivity contribution in [3.8, 4) is 11.8 Å². The highest BCUT2D eigenvalue weighted by atomic mass is 16.5. The van der Waals surface area contributed by atoms with Crippen molar-refractivity contribution < 1.29 is 9.53 Å². The molecule has 2 nitrogen and oxygen atoms in total. The number of rotatable bonds is 3. The van der Waals surface area contributed by atoms with Gasteiger partial charge in [-0.25, -0.2) is 0 Å². The molecule has 0 radical (unpaired) electrons. The van der Waals surface area contributed by atoms with Crippen LogP contribution in [-0.2, 0) is 9.53 Å². The Kier molecular flexibility index (Phi) is 5.32. The Morgan fingerprint density at radius 3 is 2.71 bits per heavy atom. The Balaban J connectivity index is 2.37. The van der Waals surface area contributed by atoms with Crippen molar-refractivity contribution in [2.75, 3.05) is 7.11 Å². The molecular weight excluding hydrogens is 176 g/mol. The molecule has 14 heavy (non-hydrogen) atoms. The van der Waals surface area contributed by atoms with Gasteiger partial charge in [0.1, 0.15) is 12.4 Å². The summed E-state index contributed by atoms with van der Waals surface area (Å²) in [4.78, 5) is 10.3. The molecule has 0 amide bonds. The largest absolute Gasteiger partial charge is 0.368 e. The highest BCUT2D eigenvalue weighted by molar-refractivity contribution is 5.51. The number of hydrogen-bond donors (Lipinski definition) is 0. The molecule has 0 aromatic carbocycles. The summed E-state index contributed by atoms with van der Waals surface area (Å²) >= 11 is 0.